The second-order valence-corrected chi connectivity index (χ2v) is 10.5. The molecule has 0 aliphatic rings. The van der Waals surface area contributed by atoms with Crippen LogP contribution >= 0.6 is 12.4 Å². The number of nitrogens with two attached hydrogens (primary N) is 1. The molecule has 0 aliphatic heterocycles. The highest BCUT2D eigenvalue weighted by molar-refractivity contribution is 7.02. The van der Waals surface area contributed by atoms with Crippen molar-refractivity contribution in [2.24, 2.45) is 11.7 Å². The van der Waals surface area contributed by atoms with Crippen molar-refractivity contribution in [2.45, 2.75) is 32.5 Å². The summed E-state index contributed by atoms with van der Waals surface area (Å²) < 4.78 is 0. The first-order chi connectivity index (χ1) is 9.55. The minimum atomic E-state index is -1.89. The summed E-state index contributed by atoms with van der Waals surface area (Å²) in [6.45, 7) is 6.92. The Morgan fingerprint density at radius 2 is 1.24 bits per heavy atom. The highest BCUT2D eigenvalue weighted by atomic mass is 35.5. The van der Waals surface area contributed by atoms with Gasteiger partial charge in [-0.1, -0.05) is 91.4 Å². The van der Waals surface area contributed by atoms with Gasteiger partial charge >= 0.3 is 0 Å². The van der Waals surface area contributed by atoms with Gasteiger partial charge in [0.2, 0.25) is 0 Å². The zero-order valence-corrected chi connectivity index (χ0v) is 14.9. The Bertz CT molecular complexity index is 488. The molecule has 0 saturated carbocycles. The lowest BCUT2D eigenvalue weighted by molar-refractivity contribution is 0.563. The molecule has 0 fully saturated rings. The molecular formula is C18H26ClNSi. The van der Waals surface area contributed by atoms with Gasteiger partial charge in [-0.2, -0.15) is 0 Å². The van der Waals surface area contributed by atoms with Gasteiger partial charge in [-0.25, -0.2) is 0 Å². The Morgan fingerprint density at radius 3 is 1.57 bits per heavy atom. The number of hydrogen-bond donors (Lipinski definition) is 1. The van der Waals surface area contributed by atoms with Crippen molar-refractivity contribution in [1.82, 2.24) is 0 Å². The van der Waals surface area contributed by atoms with Crippen LogP contribution in [0.5, 0.6) is 0 Å². The Hall–Kier alpha value is -1.09. The second-order valence-electron chi connectivity index (χ2n) is 6.17. The quantitative estimate of drug-likeness (QED) is 0.841. The zero-order chi connectivity index (χ0) is 14.6. The van der Waals surface area contributed by atoms with Crippen LogP contribution in [0.1, 0.15) is 20.3 Å². The molecule has 2 aromatic rings. The minimum absolute atomic E-state index is 0. The van der Waals surface area contributed by atoms with Crippen LogP contribution < -0.4 is 16.1 Å². The van der Waals surface area contributed by atoms with Gasteiger partial charge in [0.05, 0.1) is 0 Å². The lowest BCUT2D eigenvalue weighted by Crippen LogP contribution is -2.67. The molecule has 21 heavy (non-hydrogen) atoms. The van der Waals surface area contributed by atoms with E-state index in [-0.39, 0.29) is 18.1 Å². The van der Waals surface area contributed by atoms with Crippen LogP contribution in [0, 0.1) is 5.92 Å². The Kier molecular flexibility index (Phi) is 6.66. The zero-order valence-electron chi connectivity index (χ0n) is 13.1. The molecular weight excluding hydrogens is 294 g/mol. The van der Waals surface area contributed by atoms with E-state index in [0.29, 0.717) is 5.92 Å². The van der Waals surface area contributed by atoms with Gasteiger partial charge in [-0.05, 0) is 12.3 Å². The minimum Gasteiger partial charge on any atom is -0.329 e. The van der Waals surface area contributed by atoms with Crippen LogP contribution in [-0.2, 0) is 0 Å². The third-order valence-electron chi connectivity index (χ3n) is 4.21. The highest BCUT2D eigenvalue weighted by Gasteiger charge is 2.38. The van der Waals surface area contributed by atoms with Gasteiger partial charge in [-0.15, -0.1) is 12.4 Å². The molecule has 0 aliphatic carbocycles. The van der Waals surface area contributed by atoms with E-state index in [1.807, 2.05) is 0 Å². The summed E-state index contributed by atoms with van der Waals surface area (Å²) in [6, 6.07) is 21.7. The summed E-state index contributed by atoms with van der Waals surface area (Å²) in [5, 5.41) is 2.86. The molecule has 0 heterocycles. The van der Waals surface area contributed by atoms with E-state index >= 15 is 0 Å². The van der Waals surface area contributed by atoms with Gasteiger partial charge < -0.3 is 5.73 Å². The number of hydrogen-bond acceptors (Lipinski definition) is 1. The van der Waals surface area contributed by atoms with Crippen LogP contribution in [0.3, 0.4) is 0 Å². The summed E-state index contributed by atoms with van der Waals surface area (Å²) in [4.78, 5) is 0. The van der Waals surface area contributed by atoms with Gasteiger partial charge in [0.1, 0.15) is 8.07 Å². The molecule has 0 bridgehead atoms. The van der Waals surface area contributed by atoms with E-state index in [0.717, 1.165) is 6.42 Å². The molecule has 2 N–H and O–H groups in total. The maximum absolute atomic E-state index is 6.68. The van der Waals surface area contributed by atoms with Gasteiger partial charge in [0.25, 0.3) is 0 Å². The smallest absolute Gasteiger partial charge is 0.131 e. The molecule has 2 rings (SSSR count). The van der Waals surface area contributed by atoms with Gasteiger partial charge in [0, 0.05) is 5.67 Å². The third kappa shape index (κ3) is 3.97. The summed E-state index contributed by atoms with van der Waals surface area (Å²) >= 11 is 0. The van der Waals surface area contributed by atoms with Crippen LogP contribution in [0.25, 0.3) is 0 Å². The van der Waals surface area contributed by atoms with E-state index in [4.69, 9.17) is 5.73 Å². The van der Waals surface area contributed by atoms with Crippen LogP contribution in [0.15, 0.2) is 60.7 Å². The van der Waals surface area contributed by atoms with Crippen molar-refractivity contribution in [3.8, 4) is 0 Å². The first-order valence-corrected chi connectivity index (χ1v) is 9.99. The van der Waals surface area contributed by atoms with Gasteiger partial charge in [-0.3, -0.25) is 0 Å². The normalized spacial score (nSPS) is 12.8. The largest absolute Gasteiger partial charge is 0.329 e. The molecule has 0 unspecified atom stereocenters. The summed E-state index contributed by atoms with van der Waals surface area (Å²) in [5.41, 5.74) is 6.92. The van der Waals surface area contributed by atoms with E-state index in [1.165, 1.54) is 10.4 Å². The third-order valence-corrected chi connectivity index (χ3v) is 9.00. The van der Waals surface area contributed by atoms with Crippen molar-refractivity contribution in [2.75, 3.05) is 0 Å². The predicted molar refractivity (Wildman–Crippen MR) is 98.4 cm³/mol. The molecule has 0 amide bonds. The fourth-order valence-electron chi connectivity index (χ4n) is 2.91. The summed E-state index contributed by atoms with van der Waals surface area (Å²) in [7, 11) is -1.89. The van der Waals surface area contributed by atoms with E-state index in [1.54, 1.807) is 0 Å². The standard InChI is InChI=1S/C18H25NSi.ClH/c1-15(2)14-18(19)20(3,16-10-6-4-7-11-16)17-12-8-5-9-13-17;/h4-13,15,18H,14,19H2,1-3H3;1H/t18-;/m1./s1. The topological polar surface area (TPSA) is 26.0 Å². The fourth-order valence-corrected chi connectivity index (χ4v) is 6.81. The maximum atomic E-state index is 6.68. The van der Waals surface area contributed by atoms with Crippen LogP contribution in [0.4, 0.5) is 0 Å². The first kappa shape index (κ1) is 18.0. The van der Waals surface area contributed by atoms with E-state index < -0.39 is 8.07 Å². The molecule has 2 aromatic carbocycles. The lowest BCUT2D eigenvalue weighted by atomic mass is 10.1. The SMILES string of the molecule is CC(C)C[C@H](N)[Si](C)(c1ccccc1)c1ccccc1.Cl. The predicted octanol–water partition coefficient (Wildman–Crippen LogP) is 3.21. The van der Waals surface area contributed by atoms with Crippen molar-refractivity contribution in [3.05, 3.63) is 60.7 Å². The maximum Gasteiger partial charge on any atom is 0.131 e. The summed E-state index contributed by atoms with van der Waals surface area (Å²) in [6.07, 6.45) is 1.08. The van der Waals surface area contributed by atoms with Crippen LogP contribution in [-0.4, -0.2) is 13.7 Å². The van der Waals surface area contributed by atoms with Crippen molar-refractivity contribution in [1.29, 1.82) is 0 Å². The average molecular weight is 320 g/mol. The number of rotatable bonds is 5. The Morgan fingerprint density at radius 1 is 0.857 bits per heavy atom. The molecule has 114 valence electrons. The monoisotopic (exact) mass is 319 g/mol. The summed E-state index contributed by atoms with van der Waals surface area (Å²) in [5.74, 6) is 0.629. The fraction of sp³-hybridized carbons (Fsp3) is 0.333. The van der Waals surface area contributed by atoms with Gasteiger partial charge in [0.15, 0.2) is 0 Å². The molecule has 1 atom stereocenters. The Labute approximate surface area is 136 Å². The molecule has 0 saturated heterocycles. The second kappa shape index (κ2) is 7.78. The van der Waals surface area contributed by atoms with Crippen molar-refractivity contribution >= 4 is 30.9 Å². The van der Waals surface area contributed by atoms with E-state index in [9.17, 15) is 0 Å². The Balaban J connectivity index is 0.00000220. The van der Waals surface area contributed by atoms with Crippen LogP contribution in [0.2, 0.25) is 6.55 Å². The lowest BCUT2D eigenvalue weighted by Gasteiger charge is -2.35. The van der Waals surface area contributed by atoms with Crippen molar-refractivity contribution < 1.29 is 0 Å². The molecule has 1 nitrogen and oxygen atoms in total. The number of benzene rings is 2. The molecule has 3 heteroatoms. The van der Waals surface area contributed by atoms with E-state index in [2.05, 4.69) is 81.1 Å². The number of halogens is 1. The molecule has 0 aromatic heterocycles. The average Bonchev–Trinajstić information content (AvgIpc) is 2.47. The highest BCUT2D eigenvalue weighted by Crippen LogP contribution is 2.15. The van der Waals surface area contributed by atoms with Crippen molar-refractivity contribution in [3.63, 3.8) is 0 Å². The molecule has 0 spiro atoms. The first-order valence-electron chi connectivity index (χ1n) is 7.41. The molecule has 0 radical (unpaired) electrons.